The summed E-state index contributed by atoms with van der Waals surface area (Å²) in [5, 5.41) is 0. The van der Waals surface area contributed by atoms with Gasteiger partial charge in [-0.2, -0.15) is 0 Å². The van der Waals surface area contributed by atoms with Gasteiger partial charge in [0.2, 0.25) is 0 Å². The van der Waals surface area contributed by atoms with Gasteiger partial charge in [-0.15, -0.1) is 0 Å². The van der Waals surface area contributed by atoms with Gasteiger partial charge in [0.05, 0.1) is 26.2 Å². The Morgan fingerprint density at radius 1 is 0.545 bits per heavy atom. The average molecular weight is 957 g/mol. The van der Waals surface area contributed by atoms with Crippen molar-refractivity contribution in [1.82, 2.24) is 0 Å². The summed E-state index contributed by atoms with van der Waals surface area (Å²) in [4.78, 5) is 0. The third-order valence-corrected chi connectivity index (χ3v) is 3.94. The minimum absolute atomic E-state index is 1.35. The first-order valence-electron chi connectivity index (χ1n) is 8.85. The molecule has 0 aliphatic rings. The molecule has 0 rings (SSSR count). The zero-order valence-corrected chi connectivity index (χ0v) is 27.5. The van der Waals surface area contributed by atoms with Crippen molar-refractivity contribution in [3.05, 3.63) is 0 Å². The first-order valence-corrected chi connectivity index (χ1v) is 52.6. The van der Waals surface area contributed by atoms with Crippen LogP contribution >= 0.6 is 71.0 Å². The quantitative estimate of drug-likeness (QED) is 0.105. The van der Waals surface area contributed by atoms with Crippen LogP contribution in [0.1, 0.15) is 79.1 Å². The summed E-state index contributed by atoms with van der Waals surface area (Å²) in [5.74, 6) is 0. The Kier molecular flexibility index (Phi) is 23.1. The number of rotatable bonds is 12. The molecule has 0 aromatic heterocycles. The summed E-state index contributed by atoms with van der Waals surface area (Å²) in [6.45, 7) is 15.0. The maximum absolute atomic E-state index is 2.56. The van der Waals surface area contributed by atoms with Gasteiger partial charge in [0.15, 0.2) is 0 Å². The molecule has 1 nitrogen and oxygen atoms in total. The van der Waals surface area contributed by atoms with Crippen LogP contribution in [0.5, 0.6) is 0 Å². The van der Waals surface area contributed by atoms with Crippen LogP contribution in [0.2, 0.25) is 0 Å². The van der Waals surface area contributed by atoms with Crippen LogP contribution in [0.3, 0.4) is 0 Å². The van der Waals surface area contributed by atoms with E-state index in [0.717, 1.165) is 0 Å². The molecule has 22 heavy (non-hydrogen) atoms. The van der Waals surface area contributed by atoms with E-state index in [-0.39, 0.29) is 0 Å². The first kappa shape index (κ1) is 28.0. The Morgan fingerprint density at radius 2 is 0.727 bits per heavy atom. The number of quaternary nitrogens is 1. The summed E-state index contributed by atoms with van der Waals surface area (Å²) in [6.07, 6.45) is 11.1. The second-order valence-electron chi connectivity index (χ2n) is 6.08. The Hall–Kier alpha value is 3.80. The monoisotopic (exact) mass is 958 g/mol. The van der Waals surface area contributed by atoms with Crippen LogP contribution < -0.4 is 0 Å². The molecule has 0 N–H and O–H groups in total. The molecule has 0 unspecified atom stereocenters. The molecule has 0 aromatic carbocycles. The summed E-state index contributed by atoms with van der Waals surface area (Å²) >= 11 is 10.2. The van der Waals surface area contributed by atoms with Gasteiger partial charge in [0, 0.05) is 0 Å². The molecule has 0 aliphatic heterocycles. The number of hydrogen-bond donors (Lipinski definition) is 0. The predicted molar refractivity (Wildman–Crippen MR) is 141 cm³/mol. The van der Waals surface area contributed by atoms with Crippen LogP contribution in [-0.2, 0) is 0 Å². The SMILES string of the molecule is CCCC[N+](CCCC)(CCCC)CCCC.[I][Pb]([I])([I])[I]. The second kappa shape index (κ2) is 18.2. The van der Waals surface area contributed by atoms with Crippen molar-refractivity contribution in [2.24, 2.45) is 0 Å². The normalized spacial score (nSPS) is 12.0. The molecule has 0 fully saturated rings. The van der Waals surface area contributed by atoms with E-state index in [1.54, 1.807) is 0 Å². The van der Waals surface area contributed by atoms with Crippen molar-refractivity contribution in [3.8, 4) is 0 Å². The molecule has 0 bridgehead atoms. The van der Waals surface area contributed by atoms with E-state index in [0.29, 0.717) is 0 Å². The van der Waals surface area contributed by atoms with Crippen molar-refractivity contribution >= 4 is 75.0 Å². The number of nitrogens with zero attached hydrogens (tertiary/aromatic N) is 1. The van der Waals surface area contributed by atoms with Gasteiger partial charge in [-0.3, -0.25) is 0 Å². The molecule has 0 aromatic rings. The van der Waals surface area contributed by atoms with Gasteiger partial charge in [0.1, 0.15) is 0 Å². The number of hydrogen-bond acceptors (Lipinski definition) is 0. The van der Waals surface area contributed by atoms with Crippen LogP contribution in [0.15, 0.2) is 0 Å². The zero-order valence-electron chi connectivity index (χ0n) is 14.9. The third kappa shape index (κ3) is 21.8. The third-order valence-electron chi connectivity index (χ3n) is 3.94. The number of halogens is 4. The van der Waals surface area contributed by atoms with E-state index in [1.165, 1.54) is 82.0 Å². The van der Waals surface area contributed by atoms with Gasteiger partial charge in [-0.05, 0) is 25.7 Å². The average Bonchev–Trinajstić information content (AvgIpc) is 2.44. The fourth-order valence-corrected chi connectivity index (χ4v) is 2.64. The minimum atomic E-state index is -1.40. The van der Waals surface area contributed by atoms with E-state index in [9.17, 15) is 0 Å². The topological polar surface area (TPSA) is 0 Å². The molecule has 0 amide bonds. The van der Waals surface area contributed by atoms with Gasteiger partial charge >= 0.3 is 75.0 Å². The van der Waals surface area contributed by atoms with E-state index >= 15 is 0 Å². The van der Waals surface area contributed by atoms with Crippen molar-refractivity contribution in [3.63, 3.8) is 0 Å². The van der Waals surface area contributed by atoms with Gasteiger partial charge < -0.3 is 4.48 Å². The second-order valence-corrected chi connectivity index (χ2v) is 175. The Bertz CT molecular complexity index is 191. The molecule has 0 saturated carbocycles. The van der Waals surface area contributed by atoms with E-state index < -0.39 is 4.00 Å². The maximum atomic E-state index is 2.56. The van der Waals surface area contributed by atoms with E-state index in [2.05, 4.69) is 98.7 Å². The molecular weight excluding hydrogens is 921 g/mol. The van der Waals surface area contributed by atoms with Crippen LogP contribution in [0, 0.1) is 0 Å². The molecule has 0 heterocycles. The zero-order chi connectivity index (χ0) is 17.5. The Balaban J connectivity index is 0. The van der Waals surface area contributed by atoms with Crippen molar-refractivity contribution in [2.75, 3.05) is 26.2 Å². The summed E-state index contributed by atoms with van der Waals surface area (Å²) < 4.78 is 0.0222. The van der Waals surface area contributed by atoms with Crippen LogP contribution in [-0.4, -0.2) is 34.7 Å². The van der Waals surface area contributed by atoms with Crippen molar-refractivity contribution in [2.45, 2.75) is 79.1 Å². The van der Waals surface area contributed by atoms with Crippen LogP contribution in [0.4, 0.5) is 0 Å². The Labute approximate surface area is 181 Å². The van der Waals surface area contributed by atoms with Crippen molar-refractivity contribution < 1.29 is 4.48 Å². The summed E-state index contributed by atoms with van der Waals surface area (Å²) in [5.41, 5.74) is 0. The standard InChI is InChI=1S/C16H36N.4HI.Pb/c1-5-9-13-17(14-10-6-2,15-11-7-3)16-12-8-4;;;;;/h5-16H2,1-4H3;4*1H;/q+1;;;;;+4/p-4. The Morgan fingerprint density at radius 3 is 0.864 bits per heavy atom. The van der Waals surface area contributed by atoms with Crippen LogP contribution in [0.25, 0.3) is 0 Å². The number of unbranched alkanes of at least 4 members (excludes halogenated alkanes) is 4. The molecular formula is C16H36I4NPb+. The van der Waals surface area contributed by atoms with Crippen molar-refractivity contribution in [1.29, 1.82) is 0 Å². The van der Waals surface area contributed by atoms with Gasteiger partial charge in [-0.25, -0.2) is 0 Å². The first-order chi connectivity index (χ1) is 10.2. The molecule has 6 heteroatoms. The molecule has 0 atom stereocenters. The fourth-order valence-electron chi connectivity index (χ4n) is 2.64. The van der Waals surface area contributed by atoms with Gasteiger partial charge in [-0.1, -0.05) is 53.4 Å². The van der Waals surface area contributed by atoms with E-state index in [4.69, 9.17) is 0 Å². The molecule has 0 spiro atoms. The predicted octanol–water partition coefficient (Wildman–Crippen LogP) is 8.17. The summed E-state index contributed by atoms with van der Waals surface area (Å²) in [7, 11) is 0. The molecule has 0 saturated heterocycles. The fraction of sp³-hybridized carbons (Fsp3) is 1.00. The summed E-state index contributed by atoms with van der Waals surface area (Å²) in [6, 6.07) is 0. The van der Waals surface area contributed by atoms with E-state index in [1.807, 2.05) is 0 Å². The van der Waals surface area contributed by atoms with Gasteiger partial charge in [0.25, 0.3) is 0 Å². The molecule has 0 radical (unpaired) electrons. The molecule has 0 aliphatic carbocycles. The molecule has 136 valence electrons.